The van der Waals surface area contributed by atoms with E-state index in [1.165, 1.54) is 5.56 Å². The Balaban J connectivity index is 1.89. The molecule has 0 saturated carbocycles. The summed E-state index contributed by atoms with van der Waals surface area (Å²) in [5.41, 5.74) is 7.90. The van der Waals surface area contributed by atoms with Crippen LogP contribution < -0.4 is 16.4 Å². The van der Waals surface area contributed by atoms with Crippen LogP contribution in [0.1, 0.15) is 42.9 Å². The van der Waals surface area contributed by atoms with Crippen LogP contribution in [0.3, 0.4) is 0 Å². The fourth-order valence-electron chi connectivity index (χ4n) is 3.43. The Kier molecular flexibility index (Phi) is 5.68. The SMILES string of the molecule is C[C@H](N)C(=O)N[C@H]1C[C@@H](c2ccccc2)C[C@@H](c2ccccc2)NC1=O. The van der Waals surface area contributed by atoms with Gasteiger partial charge in [-0.2, -0.15) is 0 Å². The lowest BCUT2D eigenvalue weighted by atomic mass is 9.86. The van der Waals surface area contributed by atoms with Gasteiger partial charge in [-0.3, -0.25) is 9.59 Å². The quantitative estimate of drug-likeness (QED) is 0.790. The van der Waals surface area contributed by atoms with E-state index in [0.29, 0.717) is 6.42 Å². The number of benzene rings is 2. The summed E-state index contributed by atoms with van der Waals surface area (Å²) in [6.07, 6.45) is 1.34. The maximum Gasteiger partial charge on any atom is 0.243 e. The van der Waals surface area contributed by atoms with Crippen LogP contribution in [0.4, 0.5) is 0 Å². The topological polar surface area (TPSA) is 84.2 Å². The average molecular weight is 351 g/mol. The third-order valence-corrected chi connectivity index (χ3v) is 4.88. The molecule has 2 aromatic rings. The second-order valence-corrected chi connectivity index (χ2v) is 6.90. The van der Waals surface area contributed by atoms with Crippen molar-refractivity contribution in [3.8, 4) is 0 Å². The number of carbonyl (C=O) groups is 2. The zero-order valence-corrected chi connectivity index (χ0v) is 14.9. The van der Waals surface area contributed by atoms with Crippen LogP contribution in [-0.4, -0.2) is 23.9 Å². The van der Waals surface area contributed by atoms with Crippen LogP contribution >= 0.6 is 0 Å². The van der Waals surface area contributed by atoms with Gasteiger partial charge in [-0.1, -0.05) is 60.7 Å². The van der Waals surface area contributed by atoms with E-state index in [1.807, 2.05) is 48.5 Å². The van der Waals surface area contributed by atoms with E-state index in [2.05, 4.69) is 22.8 Å². The number of carbonyl (C=O) groups excluding carboxylic acids is 2. The molecule has 2 amide bonds. The zero-order valence-electron chi connectivity index (χ0n) is 14.9. The fourth-order valence-corrected chi connectivity index (χ4v) is 3.43. The molecule has 0 aliphatic carbocycles. The van der Waals surface area contributed by atoms with E-state index < -0.39 is 12.1 Å². The summed E-state index contributed by atoms with van der Waals surface area (Å²) in [6, 6.07) is 18.8. The maximum absolute atomic E-state index is 12.8. The normalized spacial score (nSPS) is 24.2. The standard InChI is InChI=1S/C21H25N3O2/c1-14(22)20(25)24-19-13-17(15-8-4-2-5-9-15)12-18(23-21(19)26)16-10-6-3-7-11-16/h2-11,14,17-19H,12-13,22H2,1H3,(H,23,26)(H,24,25)/t14-,17-,18-,19-/m0/s1. The van der Waals surface area contributed by atoms with Crippen molar-refractivity contribution in [2.24, 2.45) is 5.73 Å². The summed E-state index contributed by atoms with van der Waals surface area (Å²) < 4.78 is 0. The Labute approximate surface area is 154 Å². The smallest absolute Gasteiger partial charge is 0.243 e. The highest BCUT2D eigenvalue weighted by Gasteiger charge is 2.33. The summed E-state index contributed by atoms with van der Waals surface area (Å²) in [5.74, 6) is -0.319. The molecule has 4 N–H and O–H groups in total. The lowest BCUT2D eigenvalue weighted by Crippen LogP contribution is -2.50. The van der Waals surface area contributed by atoms with Crippen molar-refractivity contribution < 1.29 is 9.59 Å². The van der Waals surface area contributed by atoms with Gasteiger partial charge in [0.1, 0.15) is 6.04 Å². The van der Waals surface area contributed by atoms with Gasteiger partial charge < -0.3 is 16.4 Å². The maximum atomic E-state index is 12.8. The van der Waals surface area contributed by atoms with Crippen LogP contribution in [0.25, 0.3) is 0 Å². The van der Waals surface area contributed by atoms with E-state index in [4.69, 9.17) is 5.73 Å². The highest BCUT2D eigenvalue weighted by molar-refractivity contribution is 5.90. The highest BCUT2D eigenvalue weighted by atomic mass is 16.2. The molecule has 5 nitrogen and oxygen atoms in total. The fraction of sp³-hybridized carbons (Fsp3) is 0.333. The van der Waals surface area contributed by atoms with Gasteiger partial charge in [-0.05, 0) is 36.8 Å². The number of amides is 2. The van der Waals surface area contributed by atoms with Crippen LogP contribution in [0.2, 0.25) is 0 Å². The molecule has 5 heteroatoms. The van der Waals surface area contributed by atoms with Gasteiger partial charge in [0.15, 0.2) is 0 Å². The minimum atomic E-state index is -0.647. The van der Waals surface area contributed by atoms with E-state index in [1.54, 1.807) is 6.92 Å². The molecule has 1 aliphatic heterocycles. The van der Waals surface area contributed by atoms with Crippen LogP contribution in [-0.2, 0) is 9.59 Å². The molecule has 1 aliphatic rings. The van der Waals surface area contributed by atoms with E-state index in [-0.39, 0.29) is 23.8 Å². The number of rotatable bonds is 4. The van der Waals surface area contributed by atoms with Crippen LogP contribution in [0, 0.1) is 0 Å². The Morgan fingerprint density at radius 1 is 1.04 bits per heavy atom. The molecule has 1 fully saturated rings. The number of hydrogen-bond acceptors (Lipinski definition) is 3. The minimum Gasteiger partial charge on any atom is -0.347 e. The predicted octanol–water partition coefficient (Wildman–Crippen LogP) is 2.25. The van der Waals surface area contributed by atoms with E-state index in [0.717, 1.165) is 12.0 Å². The van der Waals surface area contributed by atoms with Gasteiger partial charge in [0.25, 0.3) is 0 Å². The molecule has 3 rings (SSSR count). The van der Waals surface area contributed by atoms with Crippen molar-refractivity contribution in [3.05, 3.63) is 71.8 Å². The Morgan fingerprint density at radius 2 is 1.62 bits per heavy atom. The molecule has 2 aromatic carbocycles. The second-order valence-electron chi connectivity index (χ2n) is 6.90. The molecule has 0 spiro atoms. The molecule has 0 unspecified atom stereocenters. The van der Waals surface area contributed by atoms with E-state index in [9.17, 15) is 9.59 Å². The molecule has 26 heavy (non-hydrogen) atoms. The molecule has 0 bridgehead atoms. The lowest BCUT2D eigenvalue weighted by Gasteiger charge is -2.21. The van der Waals surface area contributed by atoms with Gasteiger partial charge in [0, 0.05) is 0 Å². The predicted molar refractivity (Wildman–Crippen MR) is 101 cm³/mol. The van der Waals surface area contributed by atoms with Crippen molar-refractivity contribution in [1.29, 1.82) is 0 Å². The molecule has 0 aromatic heterocycles. The summed E-state index contributed by atoms with van der Waals surface area (Å²) in [4.78, 5) is 24.8. The zero-order chi connectivity index (χ0) is 18.5. The molecular formula is C21H25N3O2. The number of nitrogens with two attached hydrogens (primary N) is 1. The van der Waals surface area contributed by atoms with Crippen LogP contribution in [0.15, 0.2) is 60.7 Å². The molecule has 1 saturated heterocycles. The Hall–Kier alpha value is -2.66. The Morgan fingerprint density at radius 3 is 2.19 bits per heavy atom. The number of hydrogen-bond donors (Lipinski definition) is 3. The largest absolute Gasteiger partial charge is 0.347 e. The molecule has 4 atom stereocenters. The first-order chi connectivity index (χ1) is 12.5. The molecular weight excluding hydrogens is 326 g/mol. The minimum absolute atomic E-state index is 0.0916. The molecule has 0 radical (unpaired) electrons. The van der Waals surface area contributed by atoms with Crippen molar-refractivity contribution in [3.63, 3.8) is 0 Å². The van der Waals surface area contributed by atoms with E-state index >= 15 is 0 Å². The van der Waals surface area contributed by atoms with Crippen molar-refractivity contribution >= 4 is 11.8 Å². The van der Waals surface area contributed by atoms with Gasteiger partial charge in [0.2, 0.25) is 11.8 Å². The first kappa shape index (κ1) is 18.1. The first-order valence-electron chi connectivity index (χ1n) is 9.01. The van der Waals surface area contributed by atoms with Gasteiger partial charge in [-0.25, -0.2) is 0 Å². The first-order valence-corrected chi connectivity index (χ1v) is 9.01. The van der Waals surface area contributed by atoms with Crippen LogP contribution in [0.5, 0.6) is 0 Å². The van der Waals surface area contributed by atoms with Gasteiger partial charge in [-0.15, -0.1) is 0 Å². The third kappa shape index (κ3) is 4.29. The second kappa shape index (κ2) is 8.15. The average Bonchev–Trinajstić information content (AvgIpc) is 2.82. The van der Waals surface area contributed by atoms with Crippen molar-refractivity contribution in [2.45, 2.75) is 43.8 Å². The summed E-state index contributed by atoms with van der Waals surface area (Å²) in [6.45, 7) is 1.62. The van der Waals surface area contributed by atoms with Crippen molar-refractivity contribution in [2.75, 3.05) is 0 Å². The van der Waals surface area contributed by atoms with Gasteiger partial charge in [0.05, 0.1) is 12.1 Å². The number of nitrogens with one attached hydrogen (secondary N) is 2. The molecule has 1 heterocycles. The lowest BCUT2D eigenvalue weighted by molar-refractivity contribution is -0.129. The summed E-state index contributed by atoms with van der Waals surface area (Å²) >= 11 is 0. The van der Waals surface area contributed by atoms with Crippen molar-refractivity contribution in [1.82, 2.24) is 10.6 Å². The summed E-state index contributed by atoms with van der Waals surface area (Å²) in [5, 5.41) is 5.90. The summed E-state index contributed by atoms with van der Waals surface area (Å²) in [7, 11) is 0. The molecule has 136 valence electrons. The highest BCUT2D eigenvalue weighted by Crippen LogP contribution is 2.34. The van der Waals surface area contributed by atoms with Gasteiger partial charge >= 0.3 is 0 Å². The Bertz CT molecular complexity index is 746. The monoisotopic (exact) mass is 351 g/mol. The third-order valence-electron chi connectivity index (χ3n) is 4.88.